The van der Waals surface area contributed by atoms with E-state index in [0.717, 1.165) is 6.26 Å². The zero-order chi connectivity index (χ0) is 9.90. The minimum absolute atomic E-state index is 0.128. The summed E-state index contributed by atoms with van der Waals surface area (Å²) in [6, 6.07) is 0. The summed E-state index contributed by atoms with van der Waals surface area (Å²) < 4.78 is 36.6. The largest absolute Gasteiger partial charge is 0.516 e. The predicted octanol–water partition coefficient (Wildman–Crippen LogP) is 3.43. The van der Waals surface area contributed by atoms with Gasteiger partial charge in [-0.1, -0.05) is 0 Å². The van der Waals surface area contributed by atoms with E-state index in [1.165, 1.54) is 0 Å². The number of halogens is 3. The fourth-order valence-electron chi connectivity index (χ4n) is 1.76. The molecule has 1 aliphatic rings. The first-order chi connectivity index (χ1) is 6.04. The maximum Gasteiger partial charge on any atom is 0.391 e. The first kappa shape index (κ1) is 10.4. The fourth-order valence-corrected chi connectivity index (χ4v) is 1.76. The average molecular weight is 194 g/mol. The molecule has 0 aromatic heterocycles. The third-order valence-electron chi connectivity index (χ3n) is 2.59. The lowest BCUT2D eigenvalue weighted by atomic mass is 9.82. The molecule has 13 heavy (non-hydrogen) atoms. The minimum atomic E-state index is -4.03. The molecular weight excluding hydrogens is 181 g/mol. The van der Waals surface area contributed by atoms with Gasteiger partial charge in [-0.25, -0.2) is 0 Å². The van der Waals surface area contributed by atoms with Crippen molar-refractivity contribution in [2.24, 2.45) is 11.8 Å². The molecule has 1 N–H and O–H groups in total. The van der Waals surface area contributed by atoms with Crippen LogP contribution in [0.3, 0.4) is 0 Å². The highest BCUT2D eigenvalue weighted by atomic mass is 19.4. The Hall–Kier alpha value is -0.670. The number of rotatable bonds is 1. The fraction of sp³-hybridized carbons (Fsp3) is 0.778. The van der Waals surface area contributed by atoms with Crippen LogP contribution in [0.4, 0.5) is 13.2 Å². The van der Waals surface area contributed by atoms with Gasteiger partial charge in [0.05, 0.1) is 12.2 Å². The molecule has 0 aromatic rings. The summed E-state index contributed by atoms with van der Waals surface area (Å²) in [6.45, 7) is 0. The van der Waals surface area contributed by atoms with E-state index in [-0.39, 0.29) is 18.8 Å². The van der Waals surface area contributed by atoms with E-state index in [4.69, 9.17) is 5.11 Å². The number of alkyl halides is 3. The van der Waals surface area contributed by atoms with Crippen LogP contribution in [0.5, 0.6) is 0 Å². The van der Waals surface area contributed by atoms with Crippen LogP contribution in [0.1, 0.15) is 25.7 Å². The summed E-state index contributed by atoms with van der Waals surface area (Å²) in [7, 11) is 0. The third kappa shape index (κ3) is 2.94. The Kier molecular flexibility index (Phi) is 3.22. The van der Waals surface area contributed by atoms with Crippen LogP contribution in [0.25, 0.3) is 0 Å². The molecule has 0 amide bonds. The average Bonchev–Trinajstić information content (AvgIpc) is 2.04. The Morgan fingerprint density at radius 3 is 2.00 bits per heavy atom. The molecule has 4 heteroatoms. The molecule has 1 nitrogen and oxygen atoms in total. The smallest absolute Gasteiger partial charge is 0.391 e. The molecule has 1 rings (SSSR count). The van der Waals surface area contributed by atoms with Crippen molar-refractivity contribution in [1.29, 1.82) is 0 Å². The van der Waals surface area contributed by atoms with E-state index >= 15 is 0 Å². The molecule has 0 radical (unpaired) electrons. The molecular formula is C9H13F3O. The van der Waals surface area contributed by atoms with Gasteiger partial charge >= 0.3 is 6.18 Å². The normalized spacial score (nSPS) is 31.0. The summed E-state index contributed by atoms with van der Waals surface area (Å²) in [4.78, 5) is 0. The second-order valence-corrected chi connectivity index (χ2v) is 3.49. The highest BCUT2D eigenvalue weighted by Gasteiger charge is 2.40. The summed E-state index contributed by atoms with van der Waals surface area (Å²) in [5.74, 6) is -1.00. The molecule has 0 saturated heterocycles. The Morgan fingerprint density at radius 1 is 1.08 bits per heavy atom. The summed E-state index contributed by atoms with van der Waals surface area (Å²) >= 11 is 0. The highest BCUT2D eigenvalue weighted by Crippen LogP contribution is 2.39. The van der Waals surface area contributed by atoms with E-state index in [9.17, 15) is 13.2 Å². The van der Waals surface area contributed by atoms with Crippen molar-refractivity contribution >= 4 is 0 Å². The standard InChI is InChI=1S/C9H13F3O/c10-9(11,12)8-3-1-7(2-4-8)5-6-13/h5-8,13H,1-4H2/b6-5+/t7-,8-. The maximum atomic E-state index is 12.2. The Balaban J connectivity index is 2.39. The second kappa shape index (κ2) is 4.03. The number of allylic oxidation sites excluding steroid dienone is 1. The number of hydrogen-bond acceptors (Lipinski definition) is 1. The molecule has 0 atom stereocenters. The van der Waals surface area contributed by atoms with Crippen LogP contribution in [0.2, 0.25) is 0 Å². The van der Waals surface area contributed by atoms with Gasteiger partial charge in [0.15, 0.2) is 0 Å². The number of hydrogen-bond donors (Lipinski definition) is 1. The van der Waals surface area contributed by atoms with Gasteiger partial charge in [-0.3, -0.25) is 0 Å². The summed E-state index contributed by atoms with van der Waals surface area (Å²) in [6.07, 6.45) is -0.0848. The number of aliphatic hydroxyl groups is 1. The van der Waals surface area contributed by atoms with Gasteiger partial charge in [-0.2, -0.15) is 13.2 Å². The van der Waals surface area contributed by atoms with E-state index < -0.39 is 12.1 Å². The lowest BCUT2D eigenvalue weighted by Crippen LogP contribution is -2.27. The topological polar surface area (TPSA) is 20.2 Å². The monoisotopic (exact) mass is 194 g/mol. The lowest BCUT2D eigenvalue weighted by Gasteiger charge is -2.27. The van der Waals surface area contributed by atoms with Crippen LogP contribution in [-0.2, 0) is 0 Å². The van der Waals surface area contributed by atoms with E-state index in [1.54, 1.807) is 6.08 Å². The van der Waals surface area contributed by atoms with Crippen LogP contribution in [0, 0.1) is 11.8 Å². The van der Waals surface area contributed by atoms with Crippen molar-refractivity contribution in [2.75, 3.05) is 0 Å². The summed E-state index contributed by atoms with van der Waals surface area (Å²) in [5.41, 5.74) is 0. The predicted molar refractivity (Wildman–Crippen MR) is 43.3 cm³/mol. The molecule has 1 aliphatic carbocycles. The van der Waals surface area contributed by atoms with Gasteiger partial charge in [0.25, 0.3) is 0 Å². The first-order valence-corrected chi connectivity index (χ1v) is 4.41. The quantitative estimate of drug-likeness (QED) is 0.634. The van der Waals surface area contributed by atoms with Crippen molar-refractivity contribution in [3.8, 4) is 0 Å². The van der Waals surface area contributed by atoms with Crippen molar-refractivity contribution < 1.29 is 18.3 Å². The highest BCUT2D eigenvalue weighted by molar-refractivity contribution is 4.87. The third-order valence-corrected chi connectivity index (χ3v) is 2.59. The molecule has 0 aromatic carbocycles. The molecule has 0 bridgehead atoms. The van der Waals surface area contributed by atoms with Gasteiger partial charge < -0.3 is 5.11 Å². The Labute approximate surface area is 75.3 Å². The Morgan fingerprint density at radius 2 is 1.62 bits per heavy atom. The van der Waals surface area contributed by atoms with Crippen molar-refractivity contribution in [1.82, 2.24) is 0 Å². The van der Waals surface area contributed by atoms with Gasteiger partial charge in [0, 0.05) is 0 Å². The minimum Gasteiger partial charge on any atom is -0.516 e. The molecule has 1 saturated carbocycles. The maximum absolute atomic E-state index is 12.2. The van der Waals surface area contributed by atoms with Crippen molar-refractivity contribution in [2.45, 2.75) is 31.9 Å². The molecule has 0 spiro atoms. The van der Waals surface area contributed by atoms with E-state index in [0.29, 0.717) is 12.8 Å². The van der Waals surface area contributed by atoms with Crippen LogP contribution >= 0.6 is 0 Å². The molecule has 76 valence electrons. The van der Waals surface area contributed by atoms with Crippen LogP contribution in [0.15, 0.2) is 12.3 Å². The van der Waals surface area contributed by atoms with Crippen molar-refractivity contribution in [3.05, 3.63) is 12.3 Å². The first-order valence-electron chi connectivity index (χ1n) is 4.41. The van der Waals surface area contributed by atoms with Gasteiger partial charge in [-0.05, 0) is 37.7 Å². The van der Waals surface area contributed by atoms with Gasteiger partial charge in [0.2, 0.25) is 0 Å². The molecule has 0 aliphatic heterocycles. The molecule has 0 heterocycles. The number of aliphatic hydroxyl groups excluding tert-OH is 1. The zero-order valence-corrected chi connectivity index (χ0v) is 7.22. The second-order valence-electron chi connectivity index (χ2n) is 3.49. The summed E-state index contributed by atoms with van der Waals surface area (Å²) in [5, 5.41) is 8.44. The van der Waals surface area contributed by atoms with E-state index in [1.807, 2.05) is 0 Å². The molecule has 1 fully saturated rings. The Bertz CT molecular complexity index is 178. The molecule has 0 unspecified atom stereocenters. The zero-order valence-electron chi connectivity index (χ0n) is 7.22. The van der Waals surface area contributed by atoms with Gasteiger partial charge in [0.1, 0.15) is 0 Å². The van der Waals surface area contributed by atoms with Crippen molar-refractivity contribution in [3.63, 3.8) is 0 Å². The van der Waals surface area contributed by atoms with E-state index in [2.05, 4.69) is 0 Å². The van der Waals surface area contributed by atoms with Crippen LogP contribution in [-0.4, -0.2) is 11.3 Å². The van der Waals surface area contributed by atoms with Gasteiger partial charge in [-0.15, -0.1) is 0 Å². The SMILES string of the molecule is O/C=C/[C@H]1CC[C@H](C(F)(F)F)CC1. The van der Waals surface area contributed by atoms with Crippen LogP contribution < -0.4 is 0 Å². The lowest BCUT2D eigenvalue weighted by molar-refractivity contribution is -0.183.